The number of nitrogens with zero attached hydrogens (tertiary/aromatic N) is 9. The largest absolute Gasteiger partial charge is 0.489 e. The van der Waals surface area contributed by atoms with Gasteiger partial charge in [0.25, 0.3) is 0 Å². The zero-order chi connectivity index (χ0) is 60.9. The van der Waals surface area contributed by atoms with Gasteiger partial charge in [0.05, 0.1) is 46.7 Å². The number of carbonyl (C=O) groups is 2. The highest BCUT2D eigenvalue weighted by Crippen LogP contribution is 2.32. The number of aromatic nitrogens is 9. The number of pyridine rings is 3. The van der Waals surface area contributed by atoms with Crippen molar-refractivity contribution in [3.63, 3.8) is 0 Å². The third-order valence-electron chi connectivity index (χ3n) is 12.4. The molecule has 0 unspecified atom stereocenters. The Morgan fingerprint density at radius 1 is 0.583 bits per heavy atom. The lowest BCUT2D eigenvalue weighted by Gasteiger charge is -2.12. The van der Waals surface area contributed by atoms with Gasteiger partial charge in [-0.05, 0) is 140 Å². The molecule has 0 aliphatic heterocycles. The third kappa shape index (κ3) is 16.4. The predicted molar refractivity (Wildman–Crippen MR) is 322 cm³/mol. The molecule has 0 saturated carbocycles. The van der Waals surface area contributed by atoms with Gasteiger partial charge in [-0.25, -0.2) is 29.0 Å². The van der Waals surface area contributed by atoms with Crippen molar-refractivity contribution in [3.05, 3.63) is 180 Å². The van der Waals surface area contributed by atoms with Crippen molar-refractivity contribution in [2.24, 2.45) is 5.73 Å². The molecule has 0 spiro atoms. The summed E-state index contributed by atoms with van der Waals surface area (Å²) in [6.07, 6.45) is -1.76. The van der Waals surface area contributed by atoms with Crippen LogP contribution in [0.15, 0.2) is 136 Å². The molecule has 9 heterocycles. The number of halogens is 7. The molecule has 0 radical (unpaired) electrons. The van der Waals surface area contributed by atoms with E-state index in [4.69, 9.17) is 32.4 Å². The zero-order valence-corrected chi connectivity index (χ0v) is 49.3. The summed E-state index contributed by atoms with van der Waals surface area (Å²) in [5.74, 6) is 0. The van der Waals surface area contributed by atoms with Gasteiger partial charge >= 0.3 is 19.5 Å². The summed E-state index contributed by atoms with van der Waals surface area (Å²) in [6, 6.07) is 22.0. The maximum absolute atomic E-state index is 12.7. The number of aldehydes is 2. The average Bonchev–Trinajstić information content (AvgIpc) is 3.02. The Morgan fingerprint density at radius 2 is 1.01 bits per heavy atom. The van der Waals surface area contributed by atoms with Gasteiger partial charge in [-0.1, -0.05) is 41.9 Å². The maximum Gasteiger partial charge on any atom is 0.489 e. The van der Waals surface area contributed by atoms with Gasteiger partial charge in [0.15, 0.2) is 29.5 Å². The molecule has 438 valence electrons. The first-order valence-electron chi connectivity index (χ1n) is 25.9. The maximum atomic E-state index is 12.7. The van der Waals surface area contributed by atoms with Crippen LogP contribution in [0.4, 0.5) is 26.3 Å². The fourth-order valence-corrected chi connectivity index (χ4v) is 10.2. The predicted octanol–water partition coefficient (Wildman–Crippen LogP) is 13.7. The number of hydrogen-bond acceptors (Lipinski definition) is 15. The fourth-order valence-electron chi connectivity index (χ4n) is 8.11. The van der Waals surface area contributed by atoms with Gasteiger partial charge in [-0.2, -0.15) is 75.6 Å². The van der Waals surface area contributed by atoms with E-state index in [1.165, 1.54) is 35.6 Å². The van der Waals surface area contributed by atoms with Crippen LogP contribution >= 0.6 is 45.6 Å². The number of nitrogens with two attached hydrogens (primary N) is 1. The topological polar surface area (TPSA) is 205 Å². The molecule has 0 amide bonds. The van der Waals surface area contributed by atoms with Crippen molar-refractivity contribution in [3.8, 4) is 22.5 Å². The first-order valence-corrected chi connectivity index (χ1v) is 29.1. The first kappa shape index (κ1) is 64.1. The second-order valence-corrected chi connectivity index (χ2v) is 22.2. The second kappa shape index (κ2) is 28.9. The lowest BCUT2D eigenvalue weighted by atomic mass is 9.83. The van der Waals surface area contributed by atoms with Gasteiger partial charge in [0.1, 0.15) is 5.15 Å². The quantitative estimate of drug-likeness (QED) is 0.0368. The van der Waals surface area contributed by atoms with Crippen LogP contribution < -0.4 is 16.5 Å². The van der Waals surface area contributed by atoms with Crippen molar-refractivity contribution in [2.75, 3.05) is 0 Å². The highest BCUT2D eigenvalue weighted by Gasteiger charge is 2.31. The SMILES string of the molecule is CC(C)n1ncc2cc(C=O)c(-c3ccsc3)nc21.CC(C)n1ncc2cc(C=O)c(Cl)nc21.CC(C)n1ncc2cc(CNCc3ccc(C(F)(F)F)cc3)c(-c3ccsc3)nc21.NCc1ccc(C(F)(F)F)cc1.OB(O)c1ccsc1. The van der Waals surface area contributed by atoms with Crippen molar-refractivity contribution in [1.29, 1.82) is 0 Å². The Balaban J connectivity index is 0.000000162. The fraction of sp³-hybridized carbons (Fsp3) is 0.241. The Morgan fingerprint density at radius 3 is 1.42 bits per heavy atom. The molecule has 26 heteroatoms. The van der Waals surface area contributed by atoms with E-state index in [1.54, 1.807) is 62.6 Å². The molecular weight excluding hydrogens is 1170 g/mol. The van der Waals surface area contributed by atoms with Crippen molar-refractivity contribution >= 4 is 104 Å². The molecule has 0 aliphatic rings. The van der Waals surface area contributed by atoms with Gasteiger partial charge < -0.3 is 21.1 Å². The van der Waals surface area contributed by atoms with Gasteiger partial charge in [0.2, 0.25) is 0 Å². The van der Waals surface area contributed by atoms with Crippen LogP contribution in [0.3, 0.4) is 0 Å². The number of thiophene rings is 3. The minimum absolute atomic E-state index is 0.203. The summed E-state index contributed by atoms with van der Waals surface area (Å²) < 4.78 is 79.7. The highest BCUT2D eigenvalue weighted by atomic mass is 35.5. The summed E-state index contributed by atoms with van der Waals surface area (Å²) in [6.45, 7) is 13.5. The van der Waals surface area contributed by atoms with Crippen LogP contribution in [-0.2, 0) is 32.0 Å². The smallest absolute Gasteiger partial charge is 0.423 e. The van der Waals surface area contributed by atoms with Crippen LogP contribution in [0.5, 0.6) is 0 Å². The van der Waals surface area contributed by atoms with Crippen molar-refractivity contribution < 1.29 is 46.0 Å². The summed E-state index contributed by atoms with van der Waals surface area (Å²) in [4.78, 5) is 35.6. The molecule has 2 aromatic carbocycles. The Bertz CT molecular complexity index is 3870. The van der Waals surface area contributed by atoms with Gasteiger partial charge in [0, 0.05) is 81.4 Å². The molecule has 5 N–H and O–H groups in total. The van der Waals surface area contributed by atoms with Crippen LogP contribution in [-0.4, -0.2) is 74.0 Å². The lowest BCUT2D eigenvalue weighted by Crippen LogP contribution is -2.27. The number of carbonyl (C=O) groups excluding carboxylic acids is 2. The van der Waals surface area contributed by atoms with Crippen molar-refractivity contribution in [2.45, 2.75) is 91.7 Å². The summed E-state index contributed by atoms with van der Waals surface area (Å²) in [5, 5.41) is 47.7. The van der Waals surface area contributed by atoms with E-state index in [0.717, 1.165) is 91.6 Å². The molecular formula is C58H57BClF6N11O4S3. The molecule has 0 bridgehead atoms. The number of hydrogen-bond donors (Lipinski definition) is 4. The minimum atomic E-state index is -4.32. The van der Waals surface area contributed by atoms with Gasteiger partial charge in [-0.3, -0.25) is 9.59 Å². The average molecular weight is 1230 g/mol. The first-order chi connectivity index (χ1) is 40.0. The summed E-state index contributed by atoms with van der Waals surface area (Å²) in [5.41, 5.74) is 14.1. The van der Waals surface area contributed by atoms with E-state index in [0.29, 0.717) is 47.2 Å². The minimum Gasteiger partial charge on any atom is -0.423 e. The molecule has 0 fully saturated rings. The highest BCUT2D eigenvalue weighted by molar-refractivity contribution is 7.09. The number of nitrogens with one attached hydrogen (secondary N) is 1. The van der Waals surface area contributed by atoms with Crippen molar-refractivity contribution in [1.82, 2.24) is 49.6 Å². The third-order valence-corrected chi connectivity index (χ3v) is 14.8. The van der Waals surface area contributed by atoms with Crippen LogP contribution in [0.25, 0.3) is 55.6 Å². The lowest BCUT2D eigenvalue weighted by molar-refractivity contribution is -0.138. The molecule has 0 saturated heterocycles. The zero-order valence-electron chi connectivity index (χ0n) is 46.0. The normalized spacial score (nSPS) is 11.5. The van der Waals surface area contributed by atoms with Crippen LogP contribution in [0.2, 0.25) is 5.15 Å². The van der Waals surface area contributed by atoms with E-state index in [9.17, 15) is 35.9 Å². The van der Waals surface area contributed by atoms with E-state index < -0.39 is 30.6 Å². The number of rotatable bonds is 13. The van der Waals surface area contributed by atoms with Gasteiger partial charge in [-0.15, -0.1) is 0 Å². The molecule has 11 rings (SSSR count). The van der Waals surface area contributed by atoms with Crippen LogP contribution in [0, 0.1) is 0 Å². The molecule has 0 atom stereocenters. The monoisotopic (exact) mass is 1230 g/mol. The number of benzene rings is 2. The molecule has 9 aromatic heterocycles. The van der Waals surface area contributed by atoms with E-state index in [-0.39, 0.29) is 29.8 Å². The summed E-state index contributed by atoms with van der Waals surface area (Å²) in [7, 11) is -1.30. The van der Waals surface area contributed by atoms with Crippen LogP contribution in [0.1, 0.15) is 108 Å². The Labute approximate surface area is 496 Å². The van der Waals surface area contributed by atoms with E-state index in [2.05, 4.69) is 69.7 Å². The standard InChI is InChI=1S/C22H21F3N4S.C14H13N3OS.C10H10ClN3O.C8H8F3N.C4H5BO2S/c1-14(2)29-21-18(12-27-29)9-17(20(28-21)16-7-8-30-13-16)11-26-10-15-3-5-19(6-4-15)22(23,24)25;1-9(2)17-14-11(6-15-17)5-12(7-18)13(16-14)10-3-4-19-8-10;1-6(2)14-10-7(4-12-14)3-8(5-15)9(11)13-10;9-8(10,11)7-3-1-6(5-12)2-4-7;6-5(7)4-1-2-8-3-4/h3-9,12-14,26H,10-11H2,1-2H3;3-9H,1-2H3;3-6H,1-2H3;1-4H,5,12H2;1-3,6-7H. The number of fused-ring (bicyclic) bond motifs is 3. The molecule has 84 heavy (non-hydrogen) atoms. The second-order valence-electron chi connectivity index (χ2n) is 19.5. The Kier molecular flexibility index (Phi) is 22.0. The molecule has 0 aliphatic carbocycles. The number of alkyl halides is 6. The molecule has 15 nitrogen and oxygen atoms in total. The molecule has 11 aromatic rings. The Hall–Kier alpha value is -7.49. The van der Waals surface area contributed by atoms with E-state index >= 15 is 0 Å². The summed E-state index contributed by atoms with van der Waals surface area (Å²) >= 11 is 10.5. The van der Waals surface area contributed by atoms with E-state index in [1.807, 2.05) is 63.7 Å².